The van der Waals surface area contributed by atoms with E-state index in [1.807, 2.05) is 0 Å². The third-order valence-electron chi connectivity index (χ3n) is 4.29. The van der Waals surface area contributed by atoms with Crippen molar-refractivity contribution in [1.82, 2.24) is 10.6 Å². The second-order valence-corrected chi connectivity index (χ2v) is 6.03. The number of carbonyl (C=O) groups is 1. The molecule has 18 heavy (non-hydrogen) atoms. The van der Waals surface area contributed by atoms with Gasteiger partial charge in [-0.15, -0.1) is 0 Å². The molecule has 1 atom stereocenters. The molecule has 0 spiro atoms. The summed E-state index contributed by atoms with van der Waals surface area (Å²) in [6.45, 7) is 2.76. The van der Waals surface area contributed by atoms with Crippen LogP contribution in [-0.4, -0.2) is 36.2 Å². The molecule has 0 aromatic heterocycles. The summed E-state index contributed by atoms with van der Waals surface area (Å²) in [6.07, 6.45) is 7.03. The summed E-state index contributed by atoms with van der Waals surface area (Å²) < 4.78 is 0. The molecule has 1 amide bonds. The van der Waals surface area contributed by atoms with Gasteiger partial charge in [-0.1, -0.05) is 6.92 Å². The van der Waals surface area contributed by atoms with Gasteiger partial charge in [0.25, 0.3) is 0 Å². The van der Waals surface area contributed by atoms with Gasteiger partial charge in [0.2, 0.25) is 5.91 Å². The molecule has 2 saturated carbocycles. The number of hydrogen-bond acceptors (Lipinski definition) is 3. The zero-order valence-electron chi connectivity index (χ0n) is 11.3. The van der Waals surface area contributed by atoms with Crippen LogP contribution in [0.3, 0.4) is 0 Å². The summed E-state index contributed by atoms with van der Waals surface area (Å²) in [5, 5.41) is 15.5. The first kappa shape index (κ1) is 13.8. The highest BCUT2D eigenvalue weighted by Gasteiger charge is 2.30. The summed E-state index contributed by atoms with van der Waals surface area (Å²) in [4.78, 5) is 11.8. The summed E-state index contributed by atoms with van der Waals surface area (Å²) >= 11 is 0. The van der Waals surface area contributed by atoms with Crippen molar-refractivity contribution in [2.24, 2.45) is 11.8 Å². The lowest BCUT2D eigenvalue weighted by atomic mass is 9.87. The van der Waals surface area contributed by atoms with Crippen molar-refractivity contribution < 1.29 is 9.90 Å². The van der Waals surface area contributed by atoms with E-state index in [-0.39, 0.29) is 18.6 Å². The fourth-order valence-electron chi connectivity index (χ4n) is 2.79. The average Bonchev–Trinajstić information content (AvgIpc) is 3.17. The van der Waals surface area contributed by atoms with E-state index in [1.165, 1.54) is 25.7 Å². The number of rotatable bonds is 6. The molecule has 0 aromatic rings. The normalized spacial score (nSPS) is 29.9. The van der Waals surface area contributed by atoms with Crippen LogP contribution in [0, 0.1) is 11.8 Å². The lowest BCUT2D eigenvalue weighted by Crippen LogP contribution is -2.45. The van der Waals surface area contributed by atoms with E-state index in [0.29, 0.717) is 18.5 Å². The monoisotopic (exact) mass is 254 g/mol. The van der Waals surface area contributed by atoms with Crippen LogP contribution in [0.25, 0.3) is 0 Å². The van der Waals surface area contributed by atoms with Gasteiger partial charge in [-0.05, 0) is 50.4 Å². The summed E-state index contributed by atoms with van der Waals surface area (Å²) in [7, 11) is 0. The highest BCUT2D eigenvalue weighted by molar-refractivity contribution is 5.78. The highest BCUT2D eigenvalue weighted by Crippen LogP contribution is 2.32. The lowest BCUT2D eigenvalue weighted by molar-refractivity contribution is -0.121. The number of hydrogen-bond donors (Lipinski definition) is 3. The number of carbonyl (C=O) groups excluding carboxylic acids is 1. The van der Waals surface area contributed by atoms with Gasteiger partial charge in [-0.3, -0.25) is 4.79 Å². The third-order valence-corrected chi connectivity index (χ3v) is 4.29. The Kier molecular flexibility index (Phi) is 5.01. The maximum absolute atomic E-state index is 11.8. The van der Waals surface area contributed by atoms with E-state index < -0.39 is 0 Å². The zero-order valence-corrected chi connectivity index (χ0v) is 11.3. The topological polar surface area (TPSA) is 61.4 Å². The van der Waals surface area contributed by atoms with E-state index in [4.69, 9.17) is 0 Å². The Balaban J connectivity index is 1.62. The van der Waals surface area contributed by atoms with Gasteiger partial charge in [0.1, 0.15) is 0 Å². The minimum atomic E-state index is 0.0775. The molecule has 0 aliphatic heterocycles. The molecule has 3 N–H and O–H groups in total. The molecule has 0 aromatic carbocycles. The van der Waals surface area contributed by atoms with Crippen LogP contribution in [0.15, 0.2) is 0 Å². The molecule has 104 valence electrons. The van der Waals surface area contributed by atoms with Crippen molar-refractivity contribution in [3.05, 3.63) is 0 Å². The fourth-order valence-corrected chi connectivity index (χ4v) is 2.79. The van der Waals surface area contributed by atoms with Crippen molar-refractivity contribution in [3.63, 3.8) is 0 Å². The van der Waals surface area contributed by atoms with Gasteiger partial charge >= 0.3 is 0 Å². The molecular formula is C14H26N2O2. The molecule has 2 fully saturated rings. The van der Waals surface area contributed by atoms with E-state index in [1.54, 1.807) is 0 Å². The SMILES string of the molecule is CC1CCC(NC(=O)CNC(CO)C2CC2)CC1. The number of amides is 1. The number of aliphatic hydroxyl groups excluding tert-OH is 1. The molecule has 0 saturated heterocycles. The van der Waals surface area contributed by atoms with Crippen LogP contribution >= 0.6 is 0 Å². The minimum absolute atomic E-state index is 0.0775. The first-order valence-electron chi connectivity index (χ1n) is 7.32. The predicted molar refractivity (Wildman–Crippen MR) is 71.2 cm³/mol. The van der Waals surface area contributed by atoms with Gasteiger partial charge in [0.15, 0.2) is 0 Å². The van der Waals surface area contributed by atoms with Gasteiger partial charge < -0.3 is 15.7 Å². The van der Waals surface area contributed by atoms with Gasteiger partial charge in [-0.25, -0.2) is 0 Å². The zero-order chi connectivity index (χ0) is 13.0. The number of aliphatic hydroxyl groups is 1. The third kappa shape index (κ3) is 4.25. The van der Waals surface area contributed by atoms with Crippen molar-refractivity contribution in [2.45, 2.75) is 57.5 Å². The second-order valence-electron chi connectivity index (χ2n) is 6.03. The van der Waals surface area contributed by atoms with Crippen LogP contribution in [0.1, 0.15) is 45.4 Å². The van der Waals surface area contributed by atoms with Gasteiger partial charge in [0.05, 0.1) is 13.2 Å². The second kappa shape index (κ2) is 6.53. The molecule has 4 heteroatoms. The maximum Gasteiger partial charge on any atom is 0.234 e. The van der Waals surface area contributed by atoms with Gasteiger partial charge in [0, 0.05) is 12.1 Å². The minimum Gasteiger partial charge on any atom is -0.395 e. The van der Waals surface area contributed by atoms with Crippen molar-refractivity contribution in [1.29, 1.82) is 0 Å². The molecule has 2 rings (SSSR count). The van der Waals surface area contributed by atoms with E-state index in [0.717, 1.165) is 18.8 Å². The molecule has 0 bridgehead atoms. The van der Waals surface area contributed by atoms with Crippen molar-refractivity contribution in [2.75, 3.05) is 13.2 Å². The number of nitrogens with one attached hydrogen (secondary N) is 2. The van der Waals surface area contributed by atoms with Crippen LogP contribution in [0.4, 0.5) is 0 Å². The molecule has 0 heterocycles. The molecule has 1 unspecified atom stereocenters. The molecule has 2 aliphatic carbocycles. The fraction of sp³-hybridized carbons (Fsp3) is 0.929. The largest absolute Gasteiger partial charge is 0.395 e. The van der Waals surface area contributed by atoms with Crippen LogP contribution in [-0.2, 0) is 4.79 Å². The molecule has 0 radical (unpaired) electrons. The van der Waals surface area contributed by atoms with E-state index >= 15 is 0 Å². The molecule has 4 nitrogen and oxygen atoms in total. The Morgan fingerprint density at radius 3 is 2.44 bits per heavy atom. The van der Waals surface area contributed by atoms with Crippen molar-refractivity contribution >= 4 is 5.91 Å². The predicted octanol–water partition coefficient (Wildman–Crippen LogP) is 1.04. The average molecular weight is 254 g/mol. The Morgan fingerprint density at radius 2 is 1.89 bits per heavy atom. The highest BCUT2D eigenvalue weighted by atomic mass is 16.3. The first-order valence-corrected chi connectivity index (χ1v) is 7.32. The summed E-state index contributed by atoms with van der Waals surface area (Å²) in [5.74, 6) is 1.47. The standard InChI is InChI=1S/C14H26N2O2/c1-10-2-6-12(7-3-10)16-14(18)8-15-13(9-17)11-4-5-11/h10-13,15,17H,2-9H2,1H3,(H,16,18). The maximum atomic E-state index is 11.8. The van der Waals surface area contributed by atoms with Crippen LogP contribution in [0.5, 0.6) is 0 Å². The van der Waals surface area contributed by atoms with Crippen molar-refractivity contribution in [3.8, 4) is 0 Å². The lowest BCUT2D eigenvalue weighted by Gasteiger charge is -2.27. The first-order chi connectivity index (χ1) is 8.69. The Hall–Kier alpha value is -0.610. The summed E-state index contributed by atoms with van der Waals surface area (Å²) in [5.41, 5.74) is 0. The van der Waals surface area contributed by atoms with E-state index in [9.17, 15) is 9.90 Å². The van der Waals surface area contributed by atoms with Crippen LogP contribution in [0.2, 0.25) is 0 Å². The summed E-state index contributed by atoms with van der Waals surface area (Å²) in [6, 6.07) is 0.478. The smallest absolute Gasteiger partial charge is 0.234 e. The quantitative estimate of drug-likeness (QED) is 0.664. The Morgan fingerprint density at radius 1 is 1.22 bits per heavy atom. The van der Waals surface area contributed by atoms with Gasteiger partial charge in [-0.2, -0.15) is 0 Å². The molecule has 2 aliphatic rings. The Labute approximate surface area is 110 Å². The Bertz CT molecular complexity index is 271. The van der Waals surface area contributed by atoms with E-state index in [2.05, 4.69) is 17.6 Å². The molecular weight excluding hydrogens is 228 g/mol. The van der Waals surface area contributed by atoms with Crippen LogP contribution < -0.4 is 10.6 Å².